The third-order valence-corrected chi connectivity index (χ3v) is 5.72. The number of fused-ring (bicyclic) bond motifs is 1. The number of rotatable bonds is 3. The van der Waals surface area contributed by atoms with Gasteiger partial charge in [-0.2, -0.15) is 5.10 Å². The second-order valence-corrected chi connectivity index (χ2v) is 7.67. The topological polar surface area (TPSA) is 49.3 Å². The highest BCUT2D eigenvalue weighted by Crippen LogP contribution is 2.38. The second kappa shape index (κ2) is 7.55. The van der Waals surface area contributed by atoms with Crippen molar-refractivity contribution in [3.8, 4) is 0 Å². The number of nitrogens with zero attached hydrogens (tertiary/aromatic N) is 2. The fourth-order valence-electron chi connectivity index (χ4n) is 4.21. The van der Waals surface area contributed by atoms with Crippen molar-refractivity contribution in [1.29, 1.82) is 0 Å². The van der Waals surface area contributed by atoms with Gasteiger partial charge >= 0.3 is 0 Å². The van der Waals surface area contributed by atoms with E-state index < -0.39 is 0 Å². The van der Waals surface area contributed by atoms with E-state index in [1.54, 1.807) is 0 Å². The molecule has 29 heavy (non-hydrogen) atoms. The molecule has 0 fully saturated rings. The standard InChI is InChI=1S/C25H24N4/c1-17-8-10-18(11-9-17)25-20-6-2-3-7-22(20)27-14-12-21(25)24-15-23(28-29-24)19-5-4-13-26-16-19/h2-11,13,16,23,27-28H,12,14-15H2,1H3. The number of aromatic nitrogens is 1. The normalized spacial score (nSPS) is 18.4. The summed E-state index contributed by atoms with van der Waals surface area (Å²) in [6.07, 6.45) is 5.55. The molecule has 144 valence electrons. The number of para-hydroxylation sites is 1. The van der Waals surface area contributed by atoms with Crippen molar-refractivity contribution in [1.82, 2.24) is 10.4 Å². The van der Waals surface area contributed by atoms with Crippen LogP contribution in [0.15, 0.2) is 83.7 Å². The Morgan fingerprint density at radius 2 is 1.83 bits per heavy atom. The molecule has 0 bridgehead atoms. The van der Waals surface area contributed by atoms with E-state index in [1.807, 2.05) is 18.5 Å². The molecule has 0 saturated heterocycles. The molecule has 0 radical (unpaired) electrons. The molecule has 0 saturated carbocycles. The van der Waals surface area contributed by atoms with Crippen LogP contribution in [0.3, 0.4) is 0 Å². The van der Waals surface area contributed by atoms with Crippen LogP contribution in [0, 0.1) is 6.92 Å². The van der Waals surface area contributed by atoms with Gasteiger partial charge in [0.15, 0.2) is 0 Å². The van der Waals surface area contributed by atoms with E-state index in [4.69, 9.17) is 5.10 Å². The molecule has 1 aromatic heterocycles. The van der Waals surface area contributed by atoms with Gasteiger partial charge in [-0.05, 0) is 47.8 Å². The van der Waals surface area contributed by atoms with Crippen molar-refractivity contribution < 1.29 is 0 Å². The average molecular weight is 380 g/mol. The zero-order chi connectivity index (χ0) is 19.6. The lowest BCUT2D eigenvalue weighted by molar-refractivity contribution is 0.617. The number of anilines is 1. The summed E-state index contributed by atoms with van der Waals surface area (Å²) >= 11 is 0. The summed E-state index contributed by atoms with van der Waals surface area (Å²) in [6, 6.07) is 21.7. The van der Waals surface area contributed by atoms with Crippen molar-refractivity contribution in [2.45, 2.75) is 25.8 Å². The molecule has 1 unspecified atom stereocenters. The summed E-state index contributed by atoms with van der Waals surface area (Å²) in [4.78, 5) is 4.27. The maximum Gasteiger partial charge on any atom is 0.0760 e. The molecule has 1 atom stereocenters. The lowest BCUT2D eigenvalue weighted by atomic mass is 9.87. The number of hydrogen-bond donors (Lipinski definition) is 2. The largest absolute Gasteiger partial charge is 0.384 e. The first kappa shape index (κ1) is 17.7. The number of hydrazone groups is 1. The zero-order valence-corrected chi connectivity index (χ0v) is 16.5. The van der Waals surface area contributed by atoms with Gasteiger partial charge in [-0.15, -0.1) is 0 Å². The first-order chi connectivity index (χ1) is 14.3. The Balaban J connectivity index is 1.60. The Bertz CT molecular complexity index is 1080. The monoisotopic (exact) mass is 380 g/mol. The summed E-state index contributed by atoms with van der Waals surface area (Å²) in [6.45, 7) is 3.03. The molecule has 2 aromatic carbocycles. The molecule has 0 aliphatic carbocycles. The first-order valence-corrected chi connectivity index (χ1v) is 10.2. The third-order valence-electron chi connectivity index (χ3n) is 5.72. The quantitative estimate of drug-likeness (QED) is 0.665. The van der Waals surface area contributed by atoms with E-state index in [0.29, 0.717) is 0 Å². The molecule has 3 heterocycles. The third kappa shape index (κ3) is 3.42. The Hall–Kier alpha value is -3.40. The van der Waals surface area contributed by atoms with Gasteiger partial charge in [0.1, 0.15) is 0 Å². The highest BCUT2D eigenvalue weighted by atomic mass is 15.3. The summed E-state index contributed by atoms with van der Waals surface area (Å²) in [5.74, 6) is 0. The predicted octanol–water partition coefficient (Wildman–Crippen LogP) is 5.10. The van der Waals surface area contributed by atoms with Gasteiger partial charge in [0.25, 0.3) is 0 Å². The molecular formula is C25H24N4. The Labute approximate surface area is 171 Å². The molecule has 4 heteroatoms. The predicted molar refractivity (Wildman–Crippen MR) is 119 cm³/mol. The van der Waals surface area contributed by atoms with E-state index in [2.05, 4.69) is 77.2 Å². The number of pyridine rings is 1. The van der Waals surface area contributed by atoms with Crippen LogP contribution in [-0.4, -0.2) is 17.2 Å². The molecule has 3 aromatic rings. The van der Waals surface area contributed by atoms with Gasteiger partial charge in [0, 0.05) is 36.6 Å². The molecule has 0 spiro atoms. The van der Waals surface area contributed by atoms with Gasteiger partial charge in [-0.3, -0.25) is 4.98 Å². The molecule has 5 rings (SSSR count). The van der Waals surface area contributed by atoms with Gasteiger partial charge in [0.2, 0.25) is 0 Å². The van der Waals surface area contributed by atoms with Gasteiger partial charge in [-0.1, -0.05) is 54.1 Å². The smallest absolute Gasteiger partial charge is 0.0760 e. The number of hydrogen-bond acceptors (Lipinski definition) is 4. The minimum Gasteiger partial charge on any atom is -0.384 e. The van der Waals surface area contributed by atoms with Crippen molar-refractivity contribution in [2.75, 3.05) is 11.9 Å². The molecule has 2 aliphatic rings. The summed E-state index contributed by atoms with van der Waals surface area (Å²) in [5.41, 5.74) is 13.2. The Morgan fingerprint density at radius 3 is 2.66 bits per heavy atom. The van der Waals surface area contributed by atoms with E-state index >= 15 is 0 Å². The van der Waals surface area contributed by atoms with E-state index in [1.165, 1.54) is 39.1 Å². The fourth-order valence-corrected chi connectivity index (χ4v) is 4.21. The van der Waals surface area contributed by atoms with Gasteiger partial charge in [-0.25, -0.2) is 0 Å². The van der Waals surface area contributed by atoms with Gasteiger partial charge < -0.3 is 10.7 Å². The highest BCUT2D eigenvalue weighted by molar-refractivity contribution is 6.11. The second-order valence-electron chi connectivity index (χ2n) is 7.67. The molecule has 4 nitrogen and oxygen atoms in total. The van der Waals surface area contributed by atoms with Crippen LogP contribution >= 0.6 is 0 Å². The van der Waals surface area contributed by atoms with Crippen LogP contribution in [0.4, 0.5) is 5.69 Å². The molecule has 2 N–H and O–H groups in total. The average Bonchev–Trinajstić information content (AvgIpc) is 3.17. The highest BCUT2D eigenvalue weighted by Gasteiger charge is 2.27. The van der Waals surface area contributed by atoms with E-state index in [-0.39, 0.29) is 6.04 Å². The van der Waals surface area contributed by atoms with E-state index in [0.717, 1.165) is 25.1 Å². The Morgan fingerprint density at radius 1 is 0.966 bits per heavy atom. The SMILES string of the molecule is Cc1ccc(C2=C(C3=NNC(c4cccnc4)C3)CCNc3ccccc32)cc1. The number of benzene rings is 2. The van der Waals surface area contributed by atoms with Crippen LogP contribution < -0.4 is 10.7 Å². The maximum atomic E-state index is 4.78. The minimum absolute atomic E-state index is 0.178. The summed E-state index contributed by atoms with van der Waals surface area (Å²) < 4.78 is 0. The molecular weight excluding hydrogens is 356 g/mol. The summed E-state index contributed by atoms with van der Waals surface area (Å²) in [5, 5.41) is 8.38. The minimum atomic E-state index is 0.178. The van der Waals surface area contributed by atoms with Crippen molar-refractivity contribution >= 4 is 17.0 Å². The maximum absolute atomic E-state index is 4.78. The number of aryl methyl sites for hydroxylation is 1. The van der Waals surface area contributed by atoms with Crippen molar-refractivity contribution in [2.24, 2.45) is 5.10 Å². The fraction of sp³-hybridized carbons (Fsp3) is 0.200. The first-order valence-electron chi connectivity index (χ1n) is 10.2. The zero-order valence-electron chi connectivity index (χ0n) is 16.5. The lowest BCUT2D eigenvalue weighted by Gasteiger charge is -2.16. The van der Waals surface area contributed by atoms with Crippen LogP contribution in [0.2, 0.25) is 0 Å². The summed E-state index contributed by atoms with van der Waals surface area (Å²) in [7, 11) is 0. The molecule has 2 aliphatic heterocycles. The molecule has 0 amide bonds. The van der Waals surface area contributed by atoms with Crippen molar-refractivity contribution in [3.63, 3.8) is 0 Å². The van der Waals surface area contributed by atoms with E-state index in [9.17, 15) is 0 Å². The van der Waals surface area contributed by atoms with Crippen molar-refractivity contribution in [3.05, 3.63) is 101 Å². The van der Waals surface area contributed by atoms with Crippen LogP contribution in [0.5, 0.6) is 0 Å². The van der Waals surface area contributed by atoms with Crippen LogP contribution in [0.1, 0.15) is 41.1 Å². The Kier molecular flexibility index (Phi) is 4.60. The number of nitrogens with one attached hydrogen (secondary N) is 2. The lowest BCUT2D eigenvalue weighted by Crippen LogP contribution is -2.11. The van der Waals surface area contributed by atoms with Crippen LogP contribution in [-0.2, 0) is 0 Å². The van der Waals surface area contributed by atoms with Crippen LogP contribution in [0.25, 0.3) is 5.57 Å². The van der Waals surface area contributed by atoms with Gasteiger partial charge in [0.05, 0.1) is 11.8 Å².